The summed E-state index contributed by atoms with van der Waals surface area (Å²) in [7, 11) is 2.13. The fraction of sp³-hybridized carbons (Fsp3) is 1.00. The van der Waals surface area contributed by atoms with Crippen molar-refractivity contribution in [2.75, 3.05) is 7.05 Å². The van der Waals surface area contributed by atoms with Gasteiger partial charge in [0.1, 0.15) is 0 Å². The maximum absolute atomic E-state index is 3.49. The topological polar surface area (TPSA) is 12.0 Å². The maximum atomic E-state index is 3.49. The van der Waals surface area contributed by atoms with Crippen molar-refractivity contribution in [2.45, 2.75) is 65.3 Å². The van der Waals surface area contributed by atoms with Gasteiger partial charge in [-0.3, -0.25) is 0 Å². The third kappa shape index (κ3) is 4.00. The first-order valence-corrected chi connectivity index (χ1v) is 6.20. The summed E-state index contributed by atoms with van der Waals surface area (Å²) in [5.41, 5.74) is 0.510. The second kappa shape index (κ2) is 5.16. The SMILES string of the molecule is CNC1CCCCC1CCC(C)(C)C. The number of hydrogen-bond donors (Lipinski definition) is 1. The van der Waals surface area contributed by atoms with Crippen molar-refractivity contribution >= 4 is 0 Å². The zero-order valence-corrected chi connectivity index (χ0v) is 10.4. The highest BCUT2D eigenvalue weighted by Crippen LogP contribution is 2.32. The third-order valence-corrected chi connectivity index (χ3v) is 3.54. The van der Waals surface area contributed by atoms with Gasteiger partial charge in [-0.25, -0.2) is 0 Å². The lowest BCUT2D eigenvalue weighted by Crippen LogP contribution is -2.36. The molecule has 1 saturated carbocycles. The summed E-state index contributed by atoms with van der Waals surface area (Å²) < 4.78 is 0. The van der Waals surface area contributed by atoms with Crippen LogP contribution in [0.2, 0.25) is 0 Å². The molecule has 0 amide bonds. The Labute approximate surface area is 89.7 Å². The van der Waals surface area contributed by atoms with E-state index in [1.54, 1.807) is 0 Å². The van der Waals surface area contributed by atoms with Gasteiger partial charge in [0.15, 0.2) is 0 Å². The molecule has 2 atom stereocenters. The molecule has 1 aliphatic rings. The van der Waals surface area contributed by atoms with Gasteiger partial charge in [-0.05, 0) is 44.1 Å². The number of rotatable bonds is 3. The molecule has 0 aromatic carbocycles. The molecule has 0 heterocycles. The van der Waals surface area contributed by atoms with Crippen LogP contribution in [0.3, 0.4) is 0 Å². The van der Waals surface area contributed by atoms with Crippen LogP contribution >= 0.6 is 0 Å². The second-order valence-corrected chi connectivity index (χ2v) is 6.04. The molecule has 1 heteroatoms. The van der Waals surface area contributed by atoms with Gasteiger partial charge in [0.25, 0.3) is 0 Å². The Hall–Kier alpha value is -0.0400. The molecule has 1 fully saturated rings. The van der Waals surface area contributed by atoms with E-state index in [4.69, 9.17) is 0 Å². The molecule has 0 spiro atoms. The fourth-order valence-electron chi connectivity index (χ4n) is 2.55. The molecule has 0 aromatic rings. The van der Waals surface area contributed by atoms with Crippen molar-refractivity contribution in [1.29, 1.82) is 0 Å². The first-order chi connectivity index (χ1) is 6.53. The van der Waals surface area contributed by atoms with Gasteiger partial charge in [-0.15, -0.1) is 0 Å². The Morgan fingerprint density at radius 1 is 1.14 bits per heavy atom. The predicted molar refractivity (Wildman–Crippen MR) is 63.5 cm³/mol. The van der Waals surface area contributed by atoms with E-state index in [-0.39, 0.29) is 0 Å². The zero-order chi connectivity index (χ0) is 10.6. The highest BCUT2D eigenvalue weighted by molar-refractivity contribution is 4.81. The van der Waals surface area contributed by atoms with Gasteiger partial charge in [0.05, 0.1) is 0 Å². The van der Waals surface area contributed by atoms with Crippen LogP contribution in [-0.4, -0.2) is 13.1 Å². The van der Waals surface area contributed by atoms with Crippen LogP contribution in [-0.2, 0) is 0 Å². The van der Waals surface area contributed by atoms with Crippen molar-refractivity contribution in [1.82, 2.24) is 5.32 Å². The minimum Gasteiger partial charge on any atom is -0.317 e. The maximum Gasteiger partial charge on any atom is 0.00923 e. The van der Waals surface area contributed by atoms with E-state index in [1.807, 2.05) is 0 Å². The second-order valence-electron chi connectivity index (χ2n) is 6.04. The van der Waals surface area contributed by atoms with Crippen molar-refractivity contribution in [3.8, 4) is 0 Å². The molecule has 84 valence electrons. The summed E-state index contributed by atoms with van der Waals surface area (Å²) >= 11 is 0. The molecule has 14 heavy (non-hydrogen) atoms. The Balaban J connectivity index is 2.33. The Bertz CT molecular complexity index is 157. The molecule has 0 aliphatic heterocycles. The molecule has 0 aromatic heterocycles. The number of nitrogens with one attached hydrogen (secondary N) is 1. The fourth-order valence-corrected chi connectivity index (χ4v) is 2.55. The van der Waals surface area contributed by atoms with Crippen LogP contribution in [0.5, 0.6) is 0 Å². The molecule has 0 saturated heterocycles. The summed E-state index contributed by atoms with van der Waals surface area (Å²) in [4.78, 5) is 0. The van der Waals surface area contributed by atoms with Crippen LogP contribution in [0.1, 0.15) is 59.3 Å². The highest BCUT2D eigenvalue weighted by atomic mass is 14.9. The van der Waals surface area contributed by atoms with Crippen LogP contribution in [0.15, 0.2) is 0 Å². The lowest BCUT2D eigenvalue weighted by atomic mass is 9.78. The van der Waals surface area contributed by atoms with Gasteiger partial charge < -0.3 is 5.32 Å². The largest absolute Gasteiger partial charge is 0.317 e. The highest BCUT2D eigenvalue weighted by Gasteiger charge is 2.24. The quantitative estimate of drug-likeness (QED) is 0.729. The van der Waals surface area contributed by atoms with Crippen LogP contribution in [0.25, 0.3) is 0 Å². The van der Waals surface area contributed by atoms with Gasteiger partial charge >= 0.3 is 0 Å². The normalized spacial score (nSPS) is 29.1. The average molecular weight is 197 g/mol. The lowest BCUT2D eigenvalue weighted by Gasteiger charge is -2.33. The van der Waals surface area contributed by atoms with E-state index in [1.165, 1.54) is 38.5 Å². The smallest absolute Gasteiger partial charge is 0.00923 e. The Morgan fingerprint density at radius 3 is 2.36 bits per heavy atom. The molecule has 1 rings (SSSR count). The van der Waals surface area contributed by atoms with E-state index >= 15 is 0 Å². The Morgan fingerprint density at radius 2 is 1.79 bits per heavy atom. The molecular weight excluding hydrogens is 170 g/mol. The Kier molecular flexibility index (Phi) is 4.43. The molecule has 0 bridgehead atoms. The summed E-state index contributed by atoms with van der Waals surface area (Å²) in [6, 6.07) is 0.797. The standard InChI is InChI=1S/C13H27N/c1-13(2,3)10-9-11-7-5-6-8-12(11)14-4/h11-12,14H,5-10H2,1-4H3. The molecular formula is C13H27N. The minimum atomic E-state index is 0.510. The summed E-state index contributed by atoms with van der Waals surface area (Å²) in [5, 5.41) is 3.49. The van der Waals surface area contributed by atoms with Crippen LogP contribution in [0, 0.1) is 11.3 Å². The lowest BCUT2D eigenvalue weighted by molar-refractivity contribution is 0.225. The molecule has 0 radical (unpaired) electrons. The van der Waals surface area contributed by atoms with Gasteiger partial charge in [0, 0.05) is 6.04 Å². The average Bonchev–Trinajstić information content (AvgIpc) is 2.14. The predicted octanol–water partition coefficient (Wildman–Crippen LogP) is 3.59. The zero-order valence-electron chi connectivity index (χ0n) is 10.4. The minimum absolute atomic E-state index is 0.510. The van der Waals surface area contributed by atoms with E-state index in [9.17, 15) is 0 Å². The van der Waals surface area contributed by atoms with E-state index in [0.717, 1.165) is 12.0 Å². The van der Waals surface area contributed by atoms with Crippen molar-refractivity contribution in [3.05, 3.63) is 0 Å². The van der Waals surface area contributed by atoms with Crippen molar-refractivity contribution < 1.29 is 0 Å². The van der Waals surface area contributed by atoms with Gasteiger partial charge in [-0.1, -0.05) is 33.6 Å². The summed E-state index contributed by atoms with van der Waals surface area (Å²) in [6.45, 7) is 7.05. The molecule has 1 aliphatic carbocycles. The molecule has 1 nitrogen and oxygen atoms in total. The van der Waals surface area contributed by atoms with E-state index in [0.29, 0.717) is 5.41 Å². The first kappa shape index (κ1) is 12.0. The van der Waals surface area contributed by atoms with E-state index < -0.39 is 0 Å². The summed E-state index contributed by atoms with van der Waals surface area (Å²) in [5.74, 6) is 0.938. The van der Waals surface area contributed by atoms with Gasteiger partial charge in [0.2, 0.25) is 0 Å². The first-order valence-electron chi connectivity index (χ1n) is 6.20. The monoisotopic (exact) mass is 197 g/mol. The van der Waals surface area contributed by atoms with Crippen molar-refractivity contribution in [3.63, 3.8) is 0 Å². The van der Waals surface area contributed by atoms with Crippen LogP contribution in [0.4, 0.5) is 0 Å². The van der Waals surface area contributed by atoms with Crippen LogP contribution < -0.4 is 5.32 Å². The third-order valence-electron chi connectivity index (χ3n) is 3.54. The van der Waals surface area contributed by atoms with Gasteiger partial charge in [-0.2, -0.15) is 0 Å². The molecule has 1 N–H and O–H groups in total. The molecule has 2 unspecified atom stereocenters. The van der Waals surface area contributed by atoms with Crippen molar-refractivity contribution in [2.24, 2.45) is 11.3 Å². The number of hydrogen-bond acceptors (Lipinski definition) is 1. The summed E-state index contributed by atoms with van der Waals surface area (Å²) in [6.07, 6.45) is 8.50. The van der Waals surface area contributed by atoms with E-state index in [2.05, 4.69) is 33.1 Å².